The molecule has 1 aromatic carbocycles. The van der Waals surface area contributed by atoms with Crippen LogP contribution in [0.5, 0.6) is 0 Å². The second kappa shape index (κ2) is 8.92. The van der Waals surface area contributed by atoms with Crippen LogP contribution in [0.2, 0.25) is 0 Å². The second-order valence-corrected chi connectivity index (χ2v) is 5.44. The summed E-state index contributed by atoms with van der Waals surface area (Å²) < 4.78 is 15.0. The summed E-state index contributed by atoms with van der Waals surface area (Å²) in [4.78, 5) is 4.18. The van der Waals surface area contributed by atoms with Crippen molar-refractivity contribution >= 4 is 5.96 Å². The molecular formula is C17H24FN5. The van der Waals surface area contributed by atoms with Gasteiger partial charge in [-0.05, 0) is 43.0 Å². The van der Waals surface area contributed by atoms with Gasteiger partial charge in [-0.1, -0.05) is 12.1 Å². The summed E-state index contributed by atoms with van der Waals surface area (Å²) in [6.45, 7) is 4.44. The van der Waals surface area contributed by atoms with Crippen molar-refractivity contribution in [3.05, 3.63) is 53.6 Å². The van der Waals surface area contributed by atoms with Crippen molar-refractivity contribution in [2.75, 3.05) is 20.1 Å². The lowest BCUT2D eigenvalue weighted by molar-refractivity contribution is 0.570. The van der Waals surface area contributed by atoms with Crippen molar-refractivity contribution in [2.24, 2.45) is 4.99 Å². The first-order valence-corrected chi connectivity index (χ1v) is 7.85. The molecule has 2 rings (SSSR count). The molecule has 0 saturated heterocycles. The first kappa shape index (κ1) is 17.0. The maximum absolute atomic E-state index is 13.1. The van der Waals surface area contributed by atoms with E-state index >= 15 is 0 Å². The molecule has 0 bridgehead atoms. The first-order valence-electron chi connectivity index (χ1n) is 7.85. The molecule has 6 heteroatoms. The molecule has 5 nitrogen and oxygen atoms in total. The third kappa shape index (κ3) is 6.10. The minimum Gasteiger partial charge on any atom is -0.356 e. The van der Waals surface area contributed by atoms with E-state index in [0.717, 1.165) is 37.5 Å². The van der Waals surface area contributed by atoms with Gasteiger partial charge in [0, 0.05) is 32.9 Å². The molecule has 0 amide bonds. The van der Waals surface area contributed by atoms with E-state index in [0.29, 0.717) is 6.54 Å². The Labute approximate surface area is 136 Å². The minimum absolute atomic E-state index is 0.195. The highest BCUT2D eigenvalue weighted by Gasteiger charge is 1.99. The number of rotatable bonds is 7. The molecule has 0 atom stereocenters. The Hall–Kier alpha value is -2.37. The van der Waals surface area contributed by atoms with E-state index in [2.05, 4.69) is 20.7 Å². The van der Waals surface area contributed by atoms with Crippen LogP contribution in [0.3, 0.4) is 0 Å². The lowest BCUT2D eigenvalue weighted by atomic mass is 10.1. The summed E-state index contributed by atoms with van der Waals surface area (Å²) in [6.07, 6.45) is 5.61. The fraction of sp³-hybridized carbons (Fsp3) is 0.412. The van der Waals surface area contributed by atoms with Crippen LogP contribution in [-0.2, 0) is 13.0 Å². The molecule has 2 aromatic rings. The van der Waals surface area contributed by atoms with E-state index in [9.17, 15) is 4.39 Å². The SMILES string of the molecule is CN=C(NCCCn1cc(C)cn1)NCCc1cccc(F)c1. The molecule has 0 aliphatic heterocycles. The van der Waals surface area contributed by atoms with Gasteiger partial charge in [0.2, 0.25) is 0 Å². The molecule has 0 spiro atoms. The monoisotopic (exact) mass is 317 g/mol. The molecule has 124 valence electrons. The van der Waals surface area contributed by atoms with Crippen LogP contribution in [-0.4, -0.2) is 35.9 Å². The normalized spacial score (nSPS) is 11.5. The Morgan fingerprint density at radius 1 is 1.30 bits per heavy atom. The molecule has 1 heterocycles. The van der Waals surface area contributed by atoms with E-state index in [4.69, 9.17) is 0 Å². The zero-order chi connectivity index (χ0) is 16.5. The number of halogens is 1. The van der Waals surface area contributed by atoms with E-state index in [1.807, 2.05) is 30.1 Å². The Morgan fingerprint density at radius 3 is 2.83 bits per heavy atom. The highest BCUT2D eigenvalue weighted by molar-refractivity contribution is 5.79. The van der Waals surface area contributed by atoms with Crippen molar-refractivity contribution < 1.29 is 4.39 Å². The molecule has 2 N–H and O–H groups in total. The maximum atomic E-state index is 13.1. The van der Waals surface area contributed by atoms with Crippen LogP contribution in [0.4, 0.5) is 4.39 Å². The van der Waals surface area contributed by atoms with Crippen LogP contribution >= 0.6 is 0 Å². The smallest absolute Gasteiger partial charge is 0.190 e. The topological polar surface area (TPSA) is 54.2 Å². The summed E-state index contributed by atoms with van der Waals surface area (Å²) in [7, 11) is 1.74. The Balaban J connectivity index is 1.63. The summed E-state index contributed by atoms with van der Waals surface area (Å²) in [6, 6.07) is 6.67. The third-order valence-corrected chi connectivity index (χ3v) is 3.44. The molecule has 0 aliphatic carbocycles. The molecule has 0 saturated carbocycles. The Kier molecular flexibility index (Phi) is 6.59. The van der Waals surface area contributed by atoms with Crippen molar-refractivity contribution in [1.29, 1.82) is 0 Å². The van der Waals surface area contributed by atoms with Gasteiger partial charge in [0.25, 0.3) is 0 Å². The van der Waals surface area contributed by atoms with Crippen molar-refractivity contribution in [1.82, 2.24) is 20.4 Å². The number of guanidine groups is 1. The average molecular weight is 317 g/mol. The van der Waals surface area contributed by atoms with Gasteiger partial charge in [-0.3, -0.25) is 9.67 Å². The number of nitrogens with one attached hydrogen (secondary N) is 2. The van der Waals surface area contributed by atoms with E-state index in [-0.39, 0.29) is 5.82 Å². The predicted octanol–water partition coefficient (Wildman–Crippen LogP) is 2.13. The number of hydrogen-bond acceptors (Lipinski definition) is 2. The van der Waals surface area contributed by atoms with Gasteiger partial charge in [0.15, 0.2) is 5.96 Å². The lowest BCUT2D eigenvalue weighted by Crippen LogP contribution is -2.39. The van der Waals surface area contributed by atoms with E-state index < -0.39 is 0 Å². The largest absolute Gasteiger partial charge is 0.356 e. The fourth-order valence-electron chi connectivity index (χ4n) is 2.28. The van der Waals surface area contributed by atoms with Crippen molar-refractivity contribution in [3.8, 4) is 0 Å². The summed E-state index contributed by atoms with van der Waals surface area (Å²) in [5.74, 6) is 0.567. The quantitative estimate of drug-likeness (QED) is 0.467. The molecular weight excluding hydrogens is 293 g/mol. The van der Waals surface area contributed by atoms with Crippen LogP contribution in [0.25, 0.3) is 0 Å². The Morgan fingerprint density at radius 2 is 2.13 bits per heavy atom. The van der Waals surface area contributed by atoms with Crippen molar-refractivity contribution in [3.63, 3.8) is 0 Å². The number of aryl methyl sites for hydroxylation is 2. The second-order valence-electron chi connectivity index (χ2n) is 5.44. The van der Waals surface area contributed by atoms with Gasteiger partial charge in [-0.15, -0.1) is 0 Å². The highest BCUT2D eigenvalue weighted by Crippen LogP contribution is 2.03. The molecule has 0 unspecified atom stereocenters. The van der Waals surface area contributed by atoms with Gasteiger partial charge >= 0.3 is 0 Å². The summed E-state index contributed by atoms with van der Waals surface area (Å²) >= 11 is 0. The first-order chi connectivity index (χ1) is 11.2. The molecule has 0 aliphatic rings. The van der Waals surface area contributed by atoms with Gasteiger partial charge in [0.1, 0.15) is 5.82 Å². The molecule has 0 radical (unpaired) electrons. The predicted molar refractivity (Wildman–Crippen MR) is 91.0 cm³/mol. The maximum Gasteiger partial charge on any atom is 0.190 e. The number of hydrogen-bond donors (Lipinski definition) is 2. The van der Waals surface area contributed by atoms with E-state index in [1.54, 1.807) is 19.2 Å². The highest BCUT2D eigenvalue weighted by atomic mass is 19.1. The molecule has 0 fully saturated rings. The van der Waals surface area contributed by atoms with Crippen LogP contribution < -0.4 is 10.6 Å². The Bertz CT molecular complexity index is 635. The summed E-state index contributed by atoms with van der Waals surface area (Å²) in [5, 5.41) is 10.8. The van der Waals surface area contributed by atoms with Gasteiger partial charge in [-0.25, -0.2) is 4.39 Å². The van der Waals surface area contributed by atoms with Gasteiger partial charge < -0.3 is 10.6 Å². The number of benzene rings is 1. The fourth-order valence-corrected chi connectivity index (χ4v) is 2.28. The van der Waals surface area contributed by atoms with Crippen LogP contribution in [0.15, 0.2) is 41.7 Å². The molecule has 23 heavy (non-hydrogen) atoms. The van der Waals surface area contributed by atoms with Gasteiger partial charge in [-0.2, -0.15) is 5.10 Å². The number of aromatic nitrogens is 2. The van der Waals surface area contributed by atoms with Gasteiger partial charge in [0.05, 0.1) is 6.20 Å². The van der Waals surface area contributed by atoms with E-state index in [1.165, 1.54) is 11.6 Å². The number of aliphatic imine (C=N–C) groups is 1. The zero-order valence-corrected chi connectivity index (χ0v) is 13.7. The standard InChI is InChI=1S/C17H24FN5/c1-14-12-22-23(13-14)10-4-8-20-17(19-2)21-9-7-15-5-3-6-16(18)11-15/h3,5-6,11-13H,4,7-10H2,1-2H3,(H2,19,20,21). The summed E-state index contributed by atoms with van der Waals surface area (Å²) in [5.41, 5.74) is 2.15. The van der Waals surface area contributed by atoms with Crippen molar-refractivity contribution in [2.45, 2.75) is 26.3 Å². The molecule has 1 aromatic heterocycles. The minimum atomic E-state index is -0.195. The van der Waals surface area contributed by atoms with Crippen LogP contribution in [0.1, 0.15) is 17.5 Å². The van der Waals surface area contributed by atoms with Crippen LogP contribution in [0, 0.1) is 12.7 Å². The average Bonchev–Trinajstić information content (AvgIpc) is 2.95. The number of nitrogens with zero attached hydrogens (tertiary/aromatic N) is 3. The zero-order valence-electron chi connectivity index (χ0n) is 13.7. The third-order valence-electron chi connectivity index (χ3n) is 3.44. The lowest BCUT2D eigenvalue weighted by Gasteiger charge is -2.12.